The molecule has 0 spiro atoms. The molecule has 0 aromatic rings. The minimum Gasteiger partial charge on any atom is -0.317 e. The molecule has 0 unspecified atom stereocenters. The molecule has 0 amide bonds. The van der Waals surface area contributed by atoms with Crippen LogP contribution < -0.4 is 5.32 Å². The normalized spacial score (nSPS) is 8.83. The van der Waals surface area contributed by atoms with Gasteiger partial charge in [0.15, 0.2) is 0 Å². The quantitative estimate of drug-likeness (QED) is 0.446. The minimum absolute atomic E-state index is 0.872. The van der Waals surface area contributed by atoms with Crippen molar-refractivity contribution in [3.63, 3.8) is 0 Å². The Kier molecular flexibility index (Phi) is 9.31. The molecule has 0 atom stereocenters. The Labute approximate surface area is 75.9 Å². The van der Waals surface area contributed by atoms with Gasteiger partial charge in [-0.2, -0.15) is 0 Å². The number of hydrogen-bond donors (Lipinski definition) is 1. The van der Waals surface area contributed by atoms with Crippen LogP contribution in [0, 0.1) is 24.7 Å². The summed E-state index contributed by atoms with van der Waals surface area (Å²) in [5, 5.41) is 3.31. The molecular weight excluding hydrogens is 146 g/mol. The SMILES string of the molecule is C#CCCCCNCCCC#C. The van der Waals surface area contributed by atoms with Crippen molar-refractivity contribution in [1.82, 2.24) is 5.32 Å². The van der Waals surface area contributed by atoms with Gasteiger partial charge in [0, 0.05) is 12.8 Å². The molecule has 12 heavy (non-hydrogen) atoms. The predicted molar refractivity (Wildman–Crippen MR) is 53.6 cm³/mol. The molecule has 0 saturated heterocycles. The zero-order valence-corrected chi connectivity index (χ0v) is 7.60. The van der Waals surface area contributed by atoms with E-state index in [9.17, 15) is 0 Å². The lowest BCUT2D eigenvalue weighted by Gasteiger charge is -2.00. The molecule has 0 rings (SSSR count). The maximum absolute atomic E-state index is 5.12. The van der Waals surface area contributed by atoms with Crippen molar-refractivity contribution in [2.75, 3.05) is 13.1 Å². The van der Waals surface area contributed by atoms with Crippen molar-refractivity contribution in [2.24, 2.45) is 0 Å². The lowest BCUT2D eigenvalue weighted by Crippen LogP contribution is -2.16. The molecule has 1 nitrogen and oxygen atoms in total. The zero-order chi connectivity index (χ0) is 9.07. The molecule has 0 radical (unpaired) electrons. The van der Waals surface area contributed by atoms with E-state index in [4.69, 9.17) is 12.8 Å². The summed E-state index contributed by atoms with van der Waals surface area (Å²) in [6.07, 6.45) is 15.4. The molecule has 0 saturated carbocycles. The van der Waals surface area contributed by atoms with Crippen LogP contribution in [-0.2, 0) is 0 Å². The van der Waals surface area contributed by atoms with Gasteiger partial charge in [0.2, 0.25) is 0 Å². The van der Waals surface area contributed by atoms with Crippen LogP contribution in [0.2, 0.25) is 0 Å². The van der Waals surface area contributed by atoms with Crippen molar-refractivity contribution in [2.45, 2.75) is 32.1 Å². The number of nitrogens with one attached hydrogen (secondary N) is 1. The Bertz CT molecular complexity index is 139. The lowest BCUT2D eigenvalue weighted by molar-refractivity contribution is 0.614. The topological polar surface area (TPSA) is 12.0 Å². The Morgan fingerprint density at radius 1 is 0.833 bits per heavy atom. The standard InChI is InChI=1S/C11H17N/c1-3-5-7-9-11-12-10-8-6-4-2/h1-2,12H,5-11H2. The zero-order valence-electron chi connectivity index (χ0n) is 7.60. The third kappa shape index (κ3) is 9.08. The van der Waals surface area contributed by atoms with Gasteiger partial charge in [-0.25, -0.2) is 0 Å². The summed E-state index contributed by atoms with van der Waals surface area (Å²) in [4.78, 5) is 0. The minimum atomic E-state index is 0.872. The first-order valence-electron chi connectivity index (χ1n) is 4.49. The van der Waals surface area contributed by atoms with Gasteiger partial charge in [-0.1, -0.05) is 0 Å². The first-order valence-corrected chi connectivity index (χ1v) is 4.49. The van der Waals surface area contributed by atoms with Crippen LogP contribution in [0.15, 0.2) is 0 Å². The average Bonchev–Trinajstić information content (AvgIpc) is 2.10. The van der Waals surface area contributed by atoms with Crippen LogP contribution in [0.1, 0.15) is 32.1 Å². The monoisotopic (exact) mass is 163 g/mol. The summed E-state index contributed by atoms with van der Waals surface area (Å²) in [6, 6.07) is 0. The van der Waals surface area contributed by atoms with Crippen LogP contribution in [-0.4, -0.2) is 13.1 Å². The molecule has 0 aliphatic rings. The van der Waals surface area contributed by atoms with Crippen LogP contribution in [0.25, 0.3) is 0 Å². The molecule has 0 aromatic heterocycles. The van der Waals surface area contributed by atoms with E-state index in [0.717, 1.165) is 38.8 Å². The second kappa shape index (κ2) is 10.1. The van der Waals surface area contributed by atoms with E-state index in [-0.39, 0.29) is 0 Å². The van der Waals surface area contributed by atoms with E-state index in [1.54, 1.807) is 0 Å². The number of unbranched alkanes of at least 4 members (excludes halogenated alkanes) is 3. The second-order valence-corrected chi connectivity index (χ2v) is 2.72. The summed E-state index contributed by atoms with van der Waals surface area (Å²) in [6.45, 7) is 2.09. The second-order valence-electron chi connectivity index (χ2n) is 2.72. The van der Waals surface area contributed by atoms with Gasteiger partial charge in [0.25, 0.3) is 0 Å². The largest absolute Gasteiger partial charge is 0.317 e. The van der Waals surface area contributed by atoms with Gasteiger partial charge in [-0.05, 0) is 32.4 Å². The highest BCUT2D eigenvalue weighted by Crippen LogP contribution is 1.91. The summed E-state index contributed by atoms with van der Waals surface area (Å²) >= 11 is 0. The molecule has 0 aromatic carbocycles. The Morgan fingerprint density at radius 2 is 1.42 bits per heavy atom. The van der Waals surface area contributed by atoms with Gasteiger partial charge >= 0.3 is 0 Å². The maximum Gasteiger partial charge on any atom is 0.00981 e. The van der Waals surface area contributed by atoms with Crippen LogP contribution in [0.3, 0.4) is 0 Å². The first kappa shape index (κ1) is 11.1. The van der Waals surface area contributed by atoms with Crippen molar-refractivity contribution in [3.8, 4) is 24.7 Å². The highest BCUT2D eigenvalue weighted by molar-refractivity contribution is 4.83. The van der Waals surface area contributed by atoms with Gasteiger partial charge in [0.1, 0.15) is 0 Å². The van der Waals surface area contributed by atoms with Gasteiger partial charge in [0.05, 0.1) is 0 Å². The third-order valence-corrected chi connectivity index (χ3v) is 1.60. The van der Waals surface area contributed by atoms with Crippen molar-refractivity contribution in [3.05, 3.63) is 0 Å². The Morgan fingerprint density at radius 3 is 2.08 bits per heavy atom. The summed E-state index contributed by atoms with van der Waals surface area (Å²) < 4.78 is 0. The Hall–Kier alpha value is -0.920. The number of hydrogen-bond acceptors (Lipinski definition) is 1. The van der Waals surface area contributed by atoms with Crippen LogP contribution in [0.4, 0.5) is 0 Å². The van der Waals surface area contributed by atoms with Crippen molar-refractivity contribution in [1.29, 1.82) is 0 Å². The fraction of sp³-hybridized carbons (Fsp3) is 0.636. The maximum atomic E-state index is 5.12. The first-order chi connectivity index (χ1) is 5.91. The van der Waals surface area contributed by atoms with Gasteiger partial charge in [-0.15, -0.1) is 24.7 Å². The summed E-state index contributed by atoms with van der Waals surface area (Å²) in [5.41, 5.74) is 0. The van der Waals surface area contributed by atoms with Crippen LogP contribution >= 0.6 is 0 Å². The van der Waals surface area contributed by atoms with E-state index in [1.165, 1.54) is 6.42 Å². The number of terminal acetylenes is 2. The van der Waals surface area contributed by atoms with E-state index >= 15 is 0 Å². The highest BCUT2D eigenvalue weighted by Gasteiger charge is 1.87. The molecule has 1 N–H and O–H groups in total. The predicted octanol–water partition coefficient (Wildman–Crippen LogP) is 1.79. The molecule has 0 aliphatic carbocycles. The smallest absolute Gasteiger partial charge is 0.00981 e. The molecular formula is C11H17N. The Balaban J connectivity index is 2.84. The summed E-state index contributed by atoms with van der Waals surface area (Å²) in [7, 11) is 0. The molecule has 0 bridgehead atoms. The fourth-order valence-electron chi connectivity index (χ4n) is 0.918. The summed E-state index contributed by atoms with van der Waals surface area (Å²) in [5.74, 6) is 5.24. The highest BCUT2D eigenvalue weighted by atomic mass is 14.8. The van der Waals surface area contributed by atoms with E-state index < -0.39 is 0 Å². The molecule has 1 heteroatoms. The molecule has 0 aliphatic heterocycles. The molecule has 66 valence electrons. The van der Waals surface area contributed by atoms with Gasteiger partial charge < -0.3 is 5.32 Å². The lowest BCUT2D eigenvalue weighted by atomic mass is 10.2. The average molecular weight is 163 g/mol. The molecule has 0 fully saturated rings. The van der Waals surface area contributed by atoms with Crippen LogP contribution in [0.5, 0.6) is 0 Å². The fourth-order valence-corrected chi connectivity index (χ4v) is 0.918. The number of rotatable bonds is 7. The molecule has 0 heterocycles. The van der Waals surface area contributed by atoms with Gasteiger partial charge in [-0.3, -0.25) is 0 Å². The van der Waals surface area contributed by atoms with Crippen molar-refractivity contribution < 1.29 is 0 Å². The van der Waals surface area contributed by atoms with Crippen molar-refractivity contribution >= 4 is 0 Å². The third-order valence-electron chi connectivity index (χ3n) is 1.60. The van der Waals surface area contributed by atoms with E-state index in [1.807, 2.05) is 0 Å². The van der Waals surface area contributed by atoms with E-state index in [0.29, 0.717) is 0 Å². The van der Waals surface area contributed by atoms with E-state index in [2.05, 4.69) is 17.2 Å².